The summed E-state index contributed by atoms with van der Waals surface area (Å²) in [4.78, 5) is 28.3. The van der Waals surface area contributed by atoms with Crippen molar-refractivity contribution in [3.63, 3.8) is 0 Å². The van der Waals surface area contributed by atoms with E-state index in [1.165, 1.54) is 11.3 Å². The monoisotopic (exact) mass is 398 g/mol. The molecule has 0 atom stereocenters. The van der Waals surface area contributed by atoms with Crippen molar-refractivity contribution in [1.82, 2.24) is 4.98 Å². The first-order valence-electron chi connectivity index (χ1n) is 7.29. The van der Waals surface area contributed by atoms with Crippen LogP contribution >= 0.6 is 22.9 Å². The van der Waals surface area contributed by atoms with Gasteiger partial charge in [0.25, 0.3) is 5.91 Å². The van der Waals surface area contributed by atoms with Crippen molar-refractivity contribution >= 4 is 50.5 Å². The lowest BCUT2D eigenvalue weighted by molar-refractivity contribution is -0.137. The molecule has 3 rings (SSSR count). The predicted molar refractivity (Wildman–Crippen MR) is 93.4 cm³/mol. The Morgan fingerprint density at radius 3 is 2.58 bits per heavy atom. The lowest BCUT2D eigenvalue weighted by Crippen LogP contribution is -2.24. The zero-order valence-corrected chi connectivity index (χ0v) is 14.5. The highest BCUT2D eigenvalue weighted by Crippen LogP contribution is 2.33. The highest BCUT2D eigenvalue weighted by molar-refractivity contribution is 7.18. The lowest BCUT2D eigenvalue weighted by atomic mass is 10.2. The number of hydrogen-bond acceptors (Lipinski definition) is 4. The Labute approximate surface area is 154 Å². The second-order valence-electron chi connectivity index (χ2n) is 5.32. The van der Waals surface area contributed by atoms with Crippen molar-refractivity contribution in [2.24, 2.45) is 0 Å². The van der Waals surface area contributed by atoms with Crippen LogP contribution in [-0.4, -0.2) is 16.7 Å². The van der Waals surface area contributed by atoms with Gasteiger partial charge < -0.3 is 5.32 Å². The number of amides is 1. The van der Waals surface area contributed by atoms with Crippen LogP contribution in [0.4, 0.5) is 18.9 Å². The number of thiazole rings is 1. The largest absolute Gasteiger partial charge is 0.416 e. The molecule has 0 spiro atoms. The number of halogens is 4. The fourth-order valence-electron chi connectivity index (χ4n) is 2.20. The molecule has 1 heterocycles. The van der Waals surface area contributed by atoms with Gasteiger partial charge in [0.15, 0.2) is 0 Å². The number of aromatic nitrogens is 1. The van der Waals surface area contributed by atoms with E-state index in [2.05, 4.69) is 10.3 Å². The molecule has 2 aromatic carbocycles. The van der Waals surface area contributed by atoms with E-state index in [0.29, 0.717) is 16.6 Å². The zero-order valence-electron chi connectivity index (χ0n) is 12.9. The Balaban J connectivity index is 1.74. The van der Waals surface area contributed by atoms with Gasteiger partial charge >= 0.3 is 6.18 Å². The van der Waals surface area contributed by atoms with Gasteiger partial charge in [0.2, 0.25) is 5.78 Å². The van der Waals surface area contributed by atoms with Gasteiger partial charge in [0.1, 0.15) is 5.01 Å². The maximum absolute atomic E-state index is 12.8. The van der Waals surface area contributed by atoms with Crippen LogP contribution < -0.4 is 5.32 Å². The molecule has 0 fully saturated rings. The first-order valence-corrected chi connectivity index (χ1v) is 8.49. The normalized spacial score (nSPS) is 11.5. The Hall–Kier alpha value is -2.45. The van der Waals surface area contributed by atoms with Gasteiger partial charge in [-0.1, -0.05) is 23.7 Å². The number of rotatable bonds is 4. The fraction of sp³-hybridized carbons (Fsp3) is 0.118. The molecule has 1 N–H and O–H groups in total. The molecule has 0 saturated heterocycles. The SMILES string of the molecule is O=C(Cc1nc2ccccc2s1)C(=O)Nc1cc(C(F)(F)F)ccc1Cl. The summed E-state index contributed by atoms with van der Waals surface area (Å²) in [5.41, 5.74) is -0.540. The van der Waals surface area contributed by atoms with Crippen LogP contribution in [-0.2, 0) is 22.2 Å². The third kappa shape index (κ3) is 4.03. The molecule has 0 radical (unpaired) electrons. The summed E-state index contributed by atoms with van der Waals surface area (Å²) in [5.74, 6) is -1.87. The Morgan fingerprint density at radius 1 is 1.15 bits per heavy atom. The minimum atomic E-state index is -4.59. The highest BCUT2D eigenvalue weighted by atomic mass is 35.5. The van der Waals surface area contributed by atoms with Gasteiger partial charge in [-0.25, -0.2) is 4.98 Å². The summed E-state index contributed by atoms with van der Waals surface area (Å²) in [6, 6.07) is 9.74. The predicted octanol–water partition coefficient (Wildman–Crippen LogP) is 4.72. The quantitative estimate of drug-likeness (QED) is 0.647. The Morgan fingerprint density at radius 2 is 1.88 bits per heavy atom. The van der Waals surface area contributed by atoms with Crippen LogP contribution in [0, 0.1) is 0 Å². The number of Topliss-reactive ketones (excluding diaryl/α,β-unsaturated/α-hetero) is 1. The molecule has 26 heavy (non-hydrogen) atoms. The summed E-state index contributed by atoms with van der Waals surface area (Å²) in [5, 5.41) is 2.48. The molecule has 0 aliphatic heterocycles. The molecule has 1 aromatic heterocycles. The van der Waals surface area contributed by atoms with Crippen molar-refractivity contribution in [2.45, 2.75) is 12.6 Å². The van der Waals surface area contributed by atoms with Crippen molar-refractivity contribution in [1.29, 1.82) is 0 Å². The van der Waals surface area contributed by atoms with Crippen molar-refractivity contribution < 1.29 is 22.8 Å². The summed E-state index contributed by atoms with van der Waals surface area (Å²) in [6.07, 6.45) is -4.84. The number of ketones is 1. The molecule has 0 saturated carbocycles. The van der Waals surface area contributed by atoms with Crippen molar-refractivity contribution in [2.75, 3.05) is 5.32 Å². The second kappa shape index (κ2) is 7.05. The summed E-state index contributed by atoms with van der Waals surface area (Å²) in [7, 11) is 0. The van der Waals surface area contributed by atoms with E-state index in [0.717, 1.165) is 16.8 Å². The maximum Gasteiger partial charge on any atom is 0.416 e. The van der Waals surface area contributed by atoms with Crippen LogP contribution in [0.2, 0.25) is 5.02 Å². The van der Waals surface area contributed by atoms with Gasteiger partial charge in [-0.15, -0.1) is 11.3 Å². The van der Waals surface area contributed by atoms with Gasteiger partial charge in [-0.3, -0.25) is 9.59 Å². The lowest BCUT2D eigenvalue weighted by Gasteiger charge is -2.11. The number of carbonyl (C=O) groups excluding carboxylic acids is 2. The molecule has 3 aromatic rings. The van der Waals surface area contributed by atoms with E-state index >= 15 is 0 Å². The number of alkyl halides is 3. The average Bonchev–Trinajstić information content (AvgIpc) is 2.97. The van der Waals surface area contributed by atoms with E-state index in [1.54, 1.807) is 12.1 Å². The van der Waals surface area contributed by atoms with Crippen molar-refractivity contribution in [3.05, 3.63) is 58.1 Å². The first kappa shape index (κ1) is 18.3. The fourth-order valence-corrected chi connectivity index (χ4v) is 3.33. The number of nitrogens with zero attached hydrogens (tertiary/aromatic N) is 1. The second-order valence-corrected chi connectivity index (χ2v) is 6.84. The van der Waals surface area contributed by atoms with E-state index < -0.39 is 23.4 Å². The minimum Gasteiger partial charge on any atom is -0.318 e. The van der Waals surface area contributed by atoms with Crippen LogP contribution in [0.25, 0.3) is 10.2 Å². The number of benzene rings is 2. The highest BCUT2D eigenvalue weighted by Gasteiger charge is 2.31. The molecular weight excluding hydrogens is 389 g/mol. The average molecular weight is 399 g/mol. The standard InChI is InChI=1S/C17H10ClF3N2O2S/c18-10-6-5-9(17(19,20)21)7-12(10)23-16(25)13(24)8-15-22-11-3-1-2-4-14(11)26-15/h1-7H,8H2,(H,23,25). The van der Waals surface area contributed by atoms with Gasteiger partial charge in [-0.2, -0.15) is 13.2 Å². The summed E-state index contributed by atoms with van der Waals surface area (Å²) in [6.45, 7) is 0. The van der Waals surface area contributed by atoms with Gasteiger partial charge in [0, 0.05) is 0 Å². The molecule has 0 unspecified atom stereocenters. The van der Waals surface area contributed by atoms with E-state index in [-0.39, 0.29) is 17.1 Å². The van der Waals surface area contributed by atoms with Crippen LogP contribution in [0.1, 0.15) is 10.6 Å². The molecule has 1 amide bonds. The van der Waals surface area contributed by atoms with E-state index in [4.69, 9.17) is 11.6 Å². The maximum atomic E-state index is 12.8. The number of nitrogens with one attached hydrogen (secondary N) is 1. The first-order chi connectivity index (χ1) is 12.2. The molecule has 0 aliphatic carbocycles. The van der Waals surface area contributed by atoms with Crippen LogP contribution in [0.5, 0.6) is 0 Å². The molecule has 9 heteroatoms. The number of carbonyl (C=O) groups is 2. The van der Waals surface area contributed by atoms with Crippen molar-refractivity contribution in [3.8, 4) is 0 Å². The van der Waals surface area contributed by atoms with E-state index in [9.17, 15) is 22.8 Å². The number of para-hydroxylation sites is 1. The number of hydrogen-bond donors (Lipinski definition) is 1. The minimum absolute atomic E-state index is 0.0980. The number of anilines is 1. The molecular formula is C17H10ClF3N2O2S. The van der Waals surface area contributed by atoms with Crippen LogP contribution in [0.15, 0.2) is 42.5 Å². The summed E-state index contributed by atoms with van der Waals surface area (Å²) >= 11 is 7.08. The third-order valence-electron chi connectivity index (χ3n) is 3.45. The van der Waals surface area contributed by atoms with Gasteiger partial charge in [0.05, 0.1) is 32.9 Å². The smallest absolute Gasteiger partial charge is 0.318 e. The zero-order chi connectivity index (χ0) is 18.9. The van der Waals surface area contributed by atoms with Gasteiger partial charge in [-0.05, 0) is 30.3 Å². The topological polar surface area (TPSA) is 59.1 Å². The molecule has 0 aliphatic rings. The van der Waals surface area contributed by atoms with E-state index in [1.807, 2.05) is 12.1 Å². The molecule has 4 nitrogen and oxygen atoms in total. The van der Waals surface area contributed by atoms with Crippen LogP contribution in [0.3, 0.4) is 0 Å². The Kier molecular flexibility index (Phi) is 4.97. The molecule has 134 valence electrons. The third-order valence-corrected chi connectivity index (χ3v) is 4.81. The summed E-state index contributed by atoms with van der Waals surface area (Å²) < 4.78 is 39.1. The Bertz CT molecular complexity index is 968. The molecule has 0 bridgehead atoms. The number of fused-ring (bicyclic) bond motifs is 1.